The van der Waals surface area contributed by atoms with Crippen molar-refractivity contribution in [3.63, 3.8) is 0 Å². The van der Waals surface area contributed by atoms with E-state index in [0.29, 0.717) is 5.92 Å². The van der Waals surface area contributed by atoms with Crippen LogP contribution >= 0.6 is 0 Å². The van der Waals surface area contributed by atoms with Crippen LogP contribution in [0, 0.1) is 19.8 Å². The van der Waals surface area contributed by atoms with Crippen LogP contribution in [0.15, 0.2) is 28.9 Å². The van der Waals surface area contributed by atoms with Gasteiger partial charge in [0.15, 0.2) is 0 Å². The lowest BCUT2D eigenvalue weighted by Gasteiger charge is -2.33. The fourth-order valence-electron chi connectivity index (χ4n) is 3.86. The van der Waals surface area contributed by atoms with Crippen molar-refractivity contribution >= 4 is 11.6 Å². The molecule has 7 heteroatoms. The number of likely N-dealkylation sites (tertiary alicyclic amines) is 1. The van der Waals surface area contributed by atoms with Gasteiger partial charge in [0, 0.05) is 25.4 Å². The number of pyridine rings is 1. The maximum absolute atomic E-state index is 12.6. The molecule has 2 aliphatic heterocycles. The van der Waals surface area contributed by atoms with Gasteiger partial charge in [0.05, 0.1) is 23.2 Å². The molecule has 0 aromatic carbocycles. The number of nitrogens with one attached hydrogen (secondary N) is 1. The SMILES string of the molecule is Cc1cc(CN2CC[C@@H]3C[C@@H](C(=O)Nc4cccnc4C)O[C@H]3C2)no1. The van der Waals surface area contributed by atoms with E-state index < -0.39 is 0 Å². The number of nitrogens with zero attached hydrogens (tertiary/aromatic N) is 3. The van der Waals surface area contributed by atoms with E-state index in [0.717, 1.165) is 55.3 Å². The molecule has 1 amide bonds. The Morgan fingerprint density at radius 1 is 1.42 bits per heavy atom. The lowest BCUT2D eigenvalue weighted by Crippen LogP contribution is -2.42. The topological polar surface area (TPSA) is 80.5 Å². The summed E-state index contributed by atoms with van der Waals surface area (Å²) in [7, 11) is 0. The summed E-state index contributed by atoms with van der Waals surface area (Å²) in [6.07, 6.45) is 3.25. The van der Waals surface area contributed by atoms with Crippen LogP contribution in [0.25, 0.3) is 0 Å². The van der Waals surface area contributed by atoms with Gasteiger partial charge in [-0.2, -0.15) is 0 Å². The molecule has 2 fully saturated rings. The molecule has 0 saturated carbocycles. The maximum atomic E-state index is 12.6. The third-order valence-electron chi connectivity index (χ3n) is 5.26. The molecule has 1 N–H and O–H groups in total. The van der Waals surface area contributed by atoms with Crippen molar-refractivity contribution in [3.05, 3.63) is 41.5 Å². The Hall–Kier alpha value is -2.25. The van der Waals surface area contributed by atoms with Crippen LogP contribution < -0.4 is 5.32 Å². The zero-order valence-electron chi connectivity index (χ0n) is 15.1. The van der Waals surface area contributed by atoms with E-state index in [-0.39, 0.29) is 18.1 Å². The average molecular weight is 356 g/mol. The van der Waals surface area contributed by atoms with E-state index >= 15 is 0 Å². The van der Waals surface area contributed by atoms with Crippen LogP contribution in [-0.2, 0) is 16.1 Å². The second-order valence-corrected chi connectivity index (χ2v) is 7.24. The first kappa shape index (κ1) is 17.2. The number of carbonyl (C=O) groups is 1. The molecule has 4 heterocycles. The molecular weight excluding hydrogens is 332 g/mol. The number of carbonyl (C=O) groups excluding carboxylic acids is 1. The highest BCUT2D eigenvalue weighted by Gasteiger charge is 2.42. The van der Waals surface area contributed by atoms with Gasteiger partial charge in [-0.3, -0.25) is 14.7 Å². The van der Waals surface area contributed by atoms with Crippen LogP contribution in [0.1, 0.15) is 30.0 Å². The van der Waals surface area contributed by atoms with Crippen molar-refractivity contribution in [2.45, 2.75) is 45.4 Å². The summed E-state index contributed by atoms with van der Waals surface area (Å²) in [5.41, 5.74) is 2.50. The highest BCUT2D eigenvalue weighted by atomic mass is 16.5. The van der Waals surface area contributed by atoms with Crippen LogP contribution in [0.2, 0.25) is 0 Å². The van der Waals surface area contributed by atoms with Gasteiger partial charge < -0.3 is 14.6 Å². The molecule has 0 unspecified atom stereocenters. The van der Waals surface area contributed by atoms with Crippen LogP contribution in [0.4, 0.5) is 5.69 Å². The van der Waals surface area contributed by atoms with Gasteiger partial charge in [0.25, 0.3) is 5.91 Å². The first-order valence-electron chi connectivity index (χ1n) is 9.11. The number of aryl methyl sites for hydroxylation is 2. The van der Waals surface area contributed by atoms with Crippen molar-refractivity contribution in [2.24, 2.45) is 5.92 Å². The van der Waals surface area contributed by atoms with Crippen LogP contribution in [0.3, 0.4) is 0 Å². The van der Waals surface area contributed by atoms with Gasteiger partial charge in [-0.05, 0) is 51.3 Å². The minimum absolute atomic E-state index is 0.0748. The van der Waals surface area contributed by atoms with Crippen molar-refractivity contribution in [2.75, 3.05) is 18.4 Å². The quantitative estimate of drug-likeness (QED) is 0.905. The second kappa shape index (κ2) is 7.17. The summed E-state index contributed by atoms with van der Waals surface area (Å²) >= 11 is 0. The monoisotopic (exact) mass is 356 g/mol. The largest absolute Gasteiger partial charge is 0.364 e. The van der Waals surface area contributed by atoms with Crippen molar-refractivity contribution in [1.82, 2.24) is 15.0 Å². The molecule has 2 aliphatic rings. The highest BCUT2D eigenvalue weighted by molar-refractivity contribution is 5.94. The molecule has 4 rings (SSSR count). The fourth-order valence-corrected chi connectivity index (χ4v) is 3.86. The first-order valence-corrected chi connectivity index (χ1v) is 9.11. The van der Waals surface area contributed by atoms with E-state index in [4.69, 9.17) is 9.26 Å². The summed E-state index contributed by atoms with van der Waals surface area (Å²) in [6.45, 7) is 6.36. The van der Waals surface area contributed by atoms with Gasteiger partial charge >= 0.3 is 0 Å². The first-order chi connectivity index (χ1) is 12.6. The van der Waals surface area contributed by atoms with Gasteiger partial charge in [-0.25, -0.2) is 0 Å². The number of piperidine rings is 1. The molecule has 0 spiro atoms. The lowest BCUT2D eigenvalue weighted by atomic mass is 9.91. The van der Waals surface area contributed by atoms with Crippen LogP contribution in [0.5, 0.6) is 0 Å². The number of hydrogen-bond acceptors (Lipinski definition) is 6. The Kier molecular flexibility index (Phi) is 4.74. The molecule has 0 aliphatic carbocycles. The highest BCUT2D eigenvalue weighted by Crippen LogP contribution is 2.34. The second-order valence-electron chi connectivity index (χ2n) is 7.24. The Labute approximate surface area is 152 Å². The molecule has 138 valence electrons. The lowest BCUT2D eigenvalue weighted by molar-refractivity contribution is -0.127. The summed E-state index contributed by atoms with van der Waals surface area (Å²) in [6, 6.07) is 5.65. The van der Waals surface area contributed by atoms with E-state index in [9.17, 15) is 4.79 Å². The summed E-state index contributed by atoms with van der Waals surface area (Å²) < 4.78 is 11.2. The molecular formula is C19H24N4O3. The van der Waals surface area contributed by atoms with Gasteiger partial charge in [0.2, 0.25) is 0 Å². The molecule has 2 saturated heterocycles. The number of amides is 1. The summed E-state index contributed by atoms with van der Waals surface area (Å²) in [5.74, 6) is 1.19. The van der Waals surface area contributed by atoms with E-state index in [1.165, 1.54) is 0 Å². The van der Waals surface area contributed by atoms with E-state index in [2.05, 4.69) is 20.4 Å². The van der Waals surface area contributed by atoms with E-state index in [1.807, 2.05) is 32.0 Å². The van der Waals surface area contributed by atoms with E-state index in [1.54, 1.807) is 6.20 Å². The van der Waals surface area contributed by atoms with Crippen LogP contribution in [-0.4, -0.2) is 46.2 Å². The van der Waals surface area contributed by atoms with Crippen molar-refractivity contribution < 1.29 is 14.1 Å². The molecule has 2 aromatic heterocycles. The van der Waals surface area contributed by atoms with Gasteiger partial charge in [0.1, 0.15) is 11.9 Å². The third kappa shape index (κ3) is 3.64. The number of hydrogen-bond donors (Lipinski definition) is 1. The molecule has 0 bridgehead atoms. The Bertz CT molecular complexity index is 791. The minimum Gasteiger partial charge on any atom is -0.364 e. The zero-order chi connectivity index (χ0) is 18.1. The smallest absolute Gasteiger partial charge is 0.253 e. The van der Waals surface area contributed by atoms with Gasteiger partial charge in [-0.1, -0.05) is 5.16 Å². The molecule has 0 radical (unpaired) electrons. The molecule has 26 heavy (non-hydrogen) atoms. The summed E-state index contributed by atoms with van der Waals surface area (Å²) in [4.78, 5) is 19.1. The van der Waals surface area contributed by atoms with Gasteiger partial charge in [-0.15, -0.1) is 0 Å². The molecule has 2 aromatic rings. The predicted molar refractivity (Wildman–Crippen MR) is 95.5 cm³/mol. The zero-order valence-corrected chi connectivity index (χ0v) is 15.1. The molecule has 7 nitrogen and oxygen atoms in total. The number of ether oxygens (including phenoxy) is 1. The number of aromatic nitrogens is 2. The number of rotatable bonds is 4. The minimum atomic E-state index is -0.390. The fraction of sp³-hybridized carbons (Fsp3) is 0.526. The van der Waals surface area contributed by atoms with Crippen molar-refractivity contribution in [1.29, 1.82) is 0 Å². The Morgan fingerprint density at radius 3 is 3.08 bits per heavy atom. The number of fused-ring (bicyclic) bond motifs is 1. The van der Waals surface area contributed by atoms with Crippen molar-refractivity contribution in [3.8, 4) is 0 Å². The average Bonchev–Trinajstić information content (AvgIpc) is 3.22. The Balaban J connectivity index is 1.34. The summed E-state index contributed by atoms with van der Waals surface area (Å²) in [5, 5.41) is 7.02. The number of anilines is 1. The standard InChI is InChI=1S/C19H24N4O3/c1-12-8-15(22-26-12)10-23-7-5-14-9-17(25-18(14)11-23)19(24)21-16-4-3-6-20-13(16)2/h3-4,6,8,14,17-18H,5,7,9-11H2,1-2H3,(H,21,24)/t14-,17+,18+/m1/s1. The predicted octanol–water partition coefficient (Wildman–Crippen LogP) is 2.30. The normalized spacial score (nSPS) is 25.8. The maximum Gasteiger partial charge on any atom is 0.253 e. The Morgan fingerprint density at radius 2 is 2.31 bits per heavy atom. The third-order valence-corrected chi connectivity index (χ3v) is 5.26. The molecule has 3 atom stereocenters.